The van der Waals surface area contributed by atoms with E-state index >= 15 is 0 Å². The van der Waals surface area contributed by atoms with Crippen LogP contribution in [0.1, 0.15) is 30.6 Å². The van der Waals surface area contributed by atoms with Crippen LogP contribution in [0.15, 0.2) is 51.4 Å². The predicted molar refractivity (Wildman–Crippen MR) is 114 cm³/mol. The summed E-state index contributed by atoms with van der Waals surface area (Å²) < 4.78 is 6.07. The number of carbonyl (C=O) groups excluding carboxylic acids is 1. The number of ether oxygens (including phenoxy) is 1. The molecule has 1 aromatic rings. The van der Waals surface area contributed by atoms with Crippen molar-refractivity contribution in [2.24, 2.45) is 4.99 Å². The van der Waals surface area contributed by atoms with Crippen LogP contribution in [0.4, 0.5) is 0 Å². The topological polar surface area (TPSA) is 89.8 Å². The van der Waals surface area contributed by atoms with Crippen LogP contribution >= 0.6 is 11.6 Å². The van der Waals surface area contributed by atoms with Crippen molar-refractivity contribution in [2.45, 2.75) is 26.4 Å². The van der Waals surface area contributed by atoms with Gasteiger partial charge >= 0.3 is 0 Å². The van der Waals surface area contributed by atoms with Gasteiger partial charge in [0.25, 0.3) is 5.91 Å². The second kappa shape index (κ2) is 8.00. The summed E-state index contributed by atoms with van der Waals surface area (Å²) in [4.78, 5) is 19.4. The molecular formula is C21H24ClN5O2. The van der Waals surface area contributed by atoms with Crippen LogP contribution in [0.2, 0.25) is 0 Å². The molecule has 8 heteroatoms. The van der Waals surface area contributed by atoms with Crippen LogP contribution in [0.5, 0.6) is 5.75 Å². The van der Waals surface area contributed by atoms with Crippen LogP contribution in [0.25, 0.3) is 0 Å². The number of carbonyl (C=O) groups is 1. The Morgan fingerprint density at radius 1 is 1.31 bits per heavy atom. The van der Waals surface area contributed by atoms with Gasteiger partial charge in [0.15, 0.2) is 0 Å². The first-order valence-corrected chi connectivity index (χ1v) is 10.1. The summed E-state index contributed by atoms with van der Waals surface area (Å²) in [6.45, 7) is 5.97. The van der Waals surface area contributed by atoms with Crippen molar-refractivity contribution < 1.29 is 9.53 Å². The van der Waals surface area contributed by atoms with Crippen molar-refractivity contribution in [2.75, 3.05) is 26.2 Å². The van der Waals surface area contributed by atoms with E-state index in [1.165, 1.54) is 0 Å². The number of halogens is 1. The van der Waals surface area contributed by atoms with Crippen molar-refractivity contribution in [1.82, 2.24) is 15.5 Å². The lowest BCUT2D eigenvalue weighted by atomic mass is 10.1. The third-order valence-corrected chi connectivity index (χ3v) is 5.85. The summed E-state index contributed by atoms with van der Waals surface area (Å²) in [5, 5.41) is 15.4. The highest BCUT2D eigenvalue weighted by atomic mass is 35.5. The van der Waals surface area contributed by atoms with Gasteiger partial charge in [-0.05, 0) is 38.9 Å². The number of amides is 1. The summed E-state index contributed by atoms with van der Waals surface area (Å²) in [7, 11) is 0. The monoisotopic (exact) mass is 413 g/mol. The van der Waals surface area contributed by atoms with Gasteiger partial charge in [0.05, 0.1) is 35.1 Å². The molecule has 1 amide bonds. The molecule has 0 radical (unpaired) electrons. The van der Waals surface area contributed by atoms with Crippen LogP contribution in [0, 0.1) is 5.41 Å². The van der Waals surface area contributed by atoms with Gasteiger partial charge in [-0.3, -0.25) is 4.79 Å². The highest BCUT2D eigenvalue weighted by Crippen LogP contribution is 2.27. The Kier molecular flexibility index (Phi) is 5.43. The number of hydrogen-bond acceptors (Lipinski definition) is 6. The number of rotatable bonds is 3. The minimum Gasteiger partial charge on any atom is -0.488 e. The molecule has 3 aliphatic heterocycles. The molecule has 29 heavy (non-hydrogen) atoms. The lowest BCUT2D eigenvalue weighted by molar-refractivity contribution is 0.0797. The summed E-state index contributed by atoms with van der Waals surface area (Å²) in [5.74, 6) is 1.04. The van der Waals surface area contributed by atoms with Crippen LogP contribution in [-0.2, 0) is 0 Å². The van der Waals surface area contributed by atoms with E-state index in [1.54, 1.807) is 11.0 Å². The Hall–Kier alpha value is -2.64. The van der Waals surface area contributed by atoms with Crippen molar-refractivity contribution in [3.8, 4) is 5.75 Å². The number of likely N-dealkylation sites (tertiary alicyclic amines) is 1. The summed E-state index contributed by atoms with van der Waals surface area (Å²) in [5.41, 5.74) is 3.10. The van der Waals surface area contributed by atoms with E-state index in [4.69, 9.17) is 21.7 Å². The average Bonchev–Trinajstić information content (AvgIpc) is 3.35. The third-order valence-electron chi connectivity index (χ3n) is 5.29. The molecule has 3 heterocycles. The predicted octanol–water partition coefficient (Wildman–Crippen LogP) is 2.65. The van der Waals surface area contributed by atoms with Gasteiger partial charge in [0.1, 0.15) is 17.7 Å². The first kappa shape index (κ1) is 19.7. The Morgan fingerprint density at radius 3 is 2.83 bits per heavy atom. The highest BCUT2D eigenvalue weighted by molar-refractivity contribution is 6.43. The SMILES string of the molecule is CC1=N/C(=C2\CN(C(=O)c3ccccc3O[C@@H]3CCNC3)CC2=N)NC(C)=C1Cl. The average molecular weight is 414 g/mol. The third kappa shape index (κ3) is 3.93. The fourth-order valence-corrected chi connectivity index (χ4v) is 3.80. The van der Waals surface area contributed by atoms with Crippen molar-refractivity contribution in [3.63, 3.8) is 0 Å². The van der Waals surface area contributed by atoms with Crippen molar-refractivity contribution in [3.05, 3.63) is 52.0 Å². The number of nitrogens with one attached hydrogen (secondary N) is 3. The largest absolute Gasteiger partial charge is 0.488 e. The van der Waals surface area contributed by atoms with E-state index in [2.05, 4.69) is 15.6 Å². The van der Waals surface area contributed by atoms with Crippen molar-refractivity contribution >= 4 is 28.9 Å². The standard InChI is InChI=1S/C21H24ClN5O2/c1-12-19(22)13(2)26-20(25-12)16-10-27(11-17(16)23)21(28)15-5-3-4-6-18(15)29-14-7-8-24-9-14/h3-6,14,23-25H,7-11H2,1-2H3/b20-16+,23-17?/t14-/m1/s1. The first-order chi connectivity index (χ1) is 13.9. The highest BCUT2D eigenvalue weighted by Gasteiger charge is 2.32. The molecule has 0 spiro atoms. The Bertz CT molecular complexity index is 960. The maximum Gasteiger partial charge on any atom is 0.258 e. The first-order valence-electron chi connectivity index (χ1n) is 9.69. The molecule has 0 unspecified atom stereocenters. The second-order valence-electron chi connectivity index (χ2n) is 7.46. The smallest absolute Gasteiger partial charge is 0.258 e. The molecular weight excluding hydrogens is 390 g/mol. The van der Waals surface area contributed by atoms with Gasteiger partial charge in [-0.2, -0.15) is 0 Å². The second-order valence-corrected chi connectivity index (χ2v) is 7.83. The number of nitrogens with zero attached hydrogens (tertiary/aromatic N) is 2. The normalized spacial score (nSPS) is 24.7. The molecule has 3 N–H and O–H groups in total. The number of para-hydroxylation sites is 1. The molecule has 152 valence electrons. The number of allylic oxidation sites excluding steroid dienone is 2. The minimum absolute atomic E-state index is 0.0711. The zero-order valence-electron chi connectivity index (χ0n) is 16.5. The summed E-state index contributed by atoms with van der Waals surface area (Å²) in [6.07, 6.45) is 0.993. The molecule has 2 fully saturated rings. The Morgan fingerprint density at radius 2 is 2.10 bits per heavy atom. The van der Waals surface area contributed by atoms with E-state index in [9.17, 15) is 4.79 Å². The van der Waals surface area contributed by atoms with E-state index in [0.29, 0.717) is 45.7 Å². The summed E-state index contributed by atoms with van der Waals surface area (Å²) in [6, 6.07) is 7.32. The maximum atomic E-state index is 13.2. The van der Waals surface area contributed by atoms with Crippen LogP contribution < -0.4 is 15.4 Å². The van der Waals surface area contributed by atoms with Gasteiger partial charge in [0, 0.05) is 17.8 Å². The lowest BCUT2D eigenvalue weighted by Crippen LogP contribution is -2.30. The van der Waals surface area contributed by atoms with Gasteiger partial charge in [0.2, 0.25) is 0 Å². The van der Waals surface area contributed by atoms with Gasteiger partial charge in [-0.25, -0.2) is 4.99 Å². The van der Waals surface area contributed by atoms with Crippen LogP contribution in [0.3, 0.4) is 0 Å². The molecule has 1 aromatic carbocycles. The fourth-order valence-electron chi connectivity index (χ4n) is 3.71. The molecule has 7 nitrogen and oxygen atoms in total. The van der Waals surface area contributed by atoms with Gasteiger partial charge < -0.3 is 25.7 Å². The zero-order valence-corrected chi connectivity index (χ0v) is 17.3. The number of aliphatic imine (C=N–C) groups is 1. The zero-order chi connectivity index (χ0) is 20.5. The lowest BCUT2D eigenvalue weighted by Gasteiger charge is -2.20. The van der Waals surface area contributed by atoms with E-state index < -0.39 is 0 Å². The Balaban J connectivity index is 1.56. The molecule has 4 rings (SSSR count). The number of benzene rings is 1. The molecule has 0 aromatic heterocycles. The minimum atomic E-state index is -0.145. The van der Waals surface area contributed by atoms with Crippen LogP contribution in [-0.4, -0.2) is 54.5 Å². The number of hydrogen-bond donors (Lipinski definition) is 3. The molecule has 0 aliphatic carbocycles. The van der Waals surface area contributed by atoms with E-state index in [1.807, 2.05) is 32.0 Å². The Labute approximate surface area is 175 Å². The molecule has 0 bridgehead atoms. The summed E-state index contributed by atoms with van der Waals surface area (Å²) >= 11 is 6.20. The van der Waals surface area contributed by atoms with E-state index in [-0.39, 0.29) is 18.6 Å². The molecule has 3 aliphatic rings. The fraction of sp³-hybridized carbons (Fsp3) is 0.381. The molecule has 1 atom stereocenters. The van der Waals surface area contributed by atoms with Crippen molar-refractivity contribution in [1.29, 1.82) is 5.41 Å². The van der Waals surface area contributed by atoms with Gasteiger partial charge in [-0.15, -0.1) is 0 Å². The van der Waals surface area contributed by atoms with Gasteiger partial charge in [-0.1, -0.05) is 23.7 Å². The molecule has 2 saturated heterocycles. The maximum absolute atomic E-state index is 13.2. The molecule has 0 saturated carbocycles. The van der Waals surface area contributed by atoms with E-state index in [0.717, 1.165) is 25.2 Å². The quantitative estimate of drug-likeness (QED) is 0.710.